The molecule has 0 bridgehead atoms. The summed E-state index contributed by atoms with van der Waals surface area (Å²) in [5.74, 6) is 8.93. The molecule has 0 aromatic rings. The van der Waals surface area contributed by atoms with Crippen molar-refractivity contribution in [2.24, 2.45) is 11.8 Å². The van der Waals surface area contributed by atoms with Crippen molar-refractivity contribution in [1.29, 1.82) is 0 Å². The summed E-state index contributed by atoms with van der Waals surface area (Å²) in [4.78, 5) is 0. The molecule has 0 atom stereocenters. The monoisotopic (exact) mass is 154 g/mol. The molecular weight excluding hydrogens is 147 g/mol. The van der Waals surface area contributed by atoms with Crippen molar-refractivity contribution < 1.29 is 18.3 Å². The molecule has 9 heavy (non-hydrogen) atoms. The second kappa shape index (κ2) is 3.60. The first kappa shape index (κ1) is 8.61. The Balaban J connectivity index is 3.93. The molecule has 0 aliphatic rings. The minimum absolute atomic E-state index is 0.848. The van der Waals surface area contributed by atoms with Gasteiger partial charge in [-0.2, -0.15) is 9.25 Å². The summed E-state index contributed by atoms with van der Waals surface area (Å²) in [7, 11) is -3.74. The molecule has 0 aromatic heterocycles. The molecule has 54 valence electrons. The van der Waals surface area contributed by atoms with Gasteiger partial charge in [0.2, 0.25) is 0 Å². The standard InChI is InChI=1S/C2H7N2O4P/c1-2-6-9(5,7-3)8-4/h2H,1,3-4H2. The van der Waals surface area contributed by atoms with Crippen LogP contribution in [0.15, 0.2) is 12.8 Å². The maximum absolute atomic E-state index is 10.6. The zero-order valence-electron chi connectivity index (χ0n) is 4.52. The summed E-state index contributed by atoms with van der Waals surface area (Å²) >= 11 is 0. The van der Waals surface area contributed by atoms with E-state index < -0.39 is 7.82 Å². The molecule has 0 unspecified atom stereocenters. The minimum Gasteiger partial charge on any atom is -0.411 e. The van der Waals surface area contributed by atoms with Gasteiger partial charge in [-0.15, -0.1) is 0 Å². The lowest BCUT2D eigenvalue weighted by atomic mass is 11.2. The summed E-state index contributed by atoms with van der Waals surface area (Å²) < 4.78 is 22.2. The van der Waals surface area contributed by atoms with E-state index in [1.807, 2.05) is 0 Å². The van der Waals surface area contributed by atoms with Gasteiger partial charge in [0, 0.05) is 0 Å². The Bertz CT molecular complexity index is 129. The molecule has 0 radical (unpaired) electrons. The van der Waals surface area contributed by atoms with E-state index in [0.717, 1.165) is 6.26 Å². The maximum atomic E-state index is 10.6. The highest BCUT2D eigenvalue weighted by molar-refractivity contribution is 7.48. The van der Waals surface area contributed by atoms with Crippen molar-refractivity contribution in [2.75, 3.05) is 0 Å². The van der Waals surface area contributed by atoms with Crippen molar-refractivity contribution in [1.82, 2.24) is 0 Å². The van der Waals surface area contributed by atoms with Gasteiger partial charge in [0.1, 0.15) is 0 Å². The van der Waals surface area contributed by atoms with Gasteiger partial charge in [-0.3, -0.25) is 0 Å². The average molecular weight is 154 g/mol. The average Bonchev–Trinajstić information content (AvgIpc) is 1.89. The fraction of sp³-hybridized carbons (Fsp3) is 0. The SMILES string of the molecule is C=COP(=O)(ON)ON. The summed E-state index contributed by atoms with van der Waals surface area (Å²) in [6, 6.07) is 0. The smallest absolute Gasteiger partial charge is 0.411 e. The van der Waals surface area contributed by atoms with Crippen molar-refractivity contribution >= 4 is 7.82 Å². The van der Waals surface area contributed by atoms with E-state index in [1.54, 1.807) is 0 Å². The Morgan fingerprint density at radius 3 is 2.00 bits per heavy atom. The van der Waals surface area contributed by atoms with Crippen LogP contribution in [0, 0.1) is 0 Å². The maximum Gasteiger partial charge on any atom is 0.562 e. The molecule has 0 saturated heterocycles. The van der Waals surface area contributed by atoms with Gasteiger partial charge in [-0.25, -0.2) is 16.4 Å². The Labute approximate surface area is 51.9 Å². The molecule has 0 aliphatic carbocycles. The van der Waals surface area contributed by atoms with Crippen molar-refractivity contribution in [3.8, 4) is 0 Å². The molecule has 0 saturated carbocycles. The first-order chi connectivity index (χ1) is 4.18. The number of hydrogen-bond donors (Lipinski definition) is 2. The molecule has 0 heterocycles. The number of phosphoric acid groups is 1. The van der Waals surface area contributed by atoms with Crippen LogP contribution >= 0.6 is 7.82 Å². The molecular formula is C2H7N2O4P. The van der Waals surface area contributed by atoms with E-state index in [0.29, 0.717) is 0 Å². The minimum atomic E-state index is -3.74. The predicted molar refractivity (Wildman–Crippen MR) is 29.4 cm³/mol. The fourth-order valence-corrected chi connectivity index (χ4v) is 0.497. The van der Waals surface area contributed by atoms with Crippen LogP contribution < -0.4 is 11.8 Å². The summed E-state index contributed by atoms with van der Waals surface area (Å²) in [5.41, 5.74) is 0. The van der Waals surface area contributed by atoms with E-state index in [-0.39, 0.29) is 0 Å². The van der Waals surface area contributed by atoms with Crippen LogP contribution in [0.4, 0.5) is 0 Å². The van der Waals surface area contributed by atoms with E-state index in [4.69, 9.17) is 0 Å². The molecule has 4 N–H and O–H groups in total. The number of hydrogen-bond acceptors (Lipinski definition) is 6. The van der Waals surface area contributed by atoms with Crippen LogP contribution in [0.5, 0.6) is 0 Å². The first-order valence-corrected chi connectivity index (χ1v) is 3.31. The largest absolute Gasteiger partial charge is 0.562 e. The van der Waals surface area contributed by atoms with Crippen LogP contribution in [-0.4, -0.2) is 0 Å². The highest BCUT2D eigenvalue weighted by Crippen LogP contribution is 2.45. The zero-order valence-corrected chi connectivity index (χ0v) is 5.41. The summed E-state index contributed by atoms with van der Waals surface area (Å²) in [6.07, 6.45) is 0.848. The van der Waals surface area contributed by atoms with Crippen LogP contribution in [-0.2, 0) is 18.3 Å². The van der Waals surface area contributed by atoms with Gasteiger partial charge in [-0.1, -0.05) is 6.58 Å². The number of rotatable bonds is 4. The predicted octanol–water partition coefficient (Wildman–Crippen LogP) is 0.0352. The van der Waals surface area contributed by atoms with E-state index >= 15 is 0 Å². The van der Waals surface area contributed by atoms with Crippen molar-refractivity contribution in [3.63, 3.8) is 0 Å². The fourth-order valence-electron chi connectivity index (χ4n) is 0.166. The van der Waals surface area contributed by atoms with E-state index in [9.17, 15) is 4.57 Å². The Morgan fingerprint density at radius 1 is 1.44 bits per heavy atom. The van der Waals surface area contributed by atoms with Gasteiger partial charge in [0.05, 0.1) is 6.26 Å². The second-order valence-electron chi connectivity index (χ2n) is 0.930. The van der Waals surface area contributed by atoms with Gasteiger partial charge >= 0.3 is 7.82 Å². The van der Waals surface area contributed by atoms with Crippen LogP contribution in [0.2, 0.25) is 0 Å². The third-order valence-corrected chi connectivity index (χ3v) is 1.39. The molecule has 6 nitrogen and oxygen atoms in total. The molecule has 0 fully saturated rings. The van der Waals surface area contributed by atoms with Crippen LogP contribution in [0.3, 0.4) is 0 Å². The topological polar surface area (TPSA) is 96.8 Å². The van der Waals surface area contributed by atoms with E-state index in [1.165, 1.54) is 0 Å². The van der Waals surface area contributed by atoms with Gasteiger partial charge in [0.25, 0.3) is 0 Å². The summed E-state index contributed by atoms with van der Waals surface area (Å²) in [6.45, 7) is 3.08. The lowest BCUT2D eigenvalue weighted by Gasteiger charge is -2.07. The third kappa shape index (κ3) is 2.59. The molecule has 0 aliphatic heterocycles. The highest BCUT2D eigenvalue weighted by Gasteiger charge is 2.24. The van der Waals surface area contributed by atoms with Gasteiger partial charge in [0.15, 0.2) is 0 Å². The molecule has 0 rings (SSSR count). The number of nitrogens with two attached hydrogens (primary N) is 2. The normalized spacial score (nSPS) is 10.9. The third-order valence-electron chi connectivity index (χ3n) is 0.462. The Morgan fingerprint density at radius 2 is 1.89 bits per heavy atom. The highest BCUT2D eigenvalue weighted by atomic mass is 31.2. The molecule has 7 heteroatoms. The lowest BCUT2D eigenvalue weighted by Crippen LogP contribution is -2.05. The second-order valence-corrected chi connectivity index (χ2v) is 2.46. The molecule has 0 spiro atoms. The van der Waals surface area contributed by atoms with Crippen molar-refractivity contribution in [2.45, 2.75) is 0 Å². The first-order valence-electron chi connectivity index (χ1n) is 1.85. The van der Waals surface area contributed by atoms with Crippen molar-refractivity contribution in [3.05, 3.63) is 12.8 Å². The van der Waals surface area contributed by atoms with Gasteiger partial charge < -0.3 is 4.52 Å². The Hall–Kier alpha value is -0.390. The summed E-state index contributed by atoms with van der Waals surface area (Å²) in [5, 5.41) is 0. The molecule has 0 aromatic carbocycles. The van der Waals surface area contributed by atoms with Crippen LogP contribution in [0.25, 0.3) is 0 Å². The quantitative estimate of drug-likeness (QED) is 0.337. The lowest BCUT2D eigenvalue weighted by molar-refractivity contribution is 0.145. The van der Waals surface area contributed by atoms with E-state index in [2.05, 4.69) is 32.1 Å². The van der Waals surface area contributed by atoms with Crippen LogP contribution in [0.1, 0.15) is 0 Å². The van der Waals surface area contributed by atoms with Gasteiger partial charge in [-0.05, 0) is 0 Å². The molecule has 0 amide bonds. The zero-order chi connectivity index (χ0) is 7.33. The Kier molecular flexibility index (Phi) is 3.44.